The van der Waals surface area contributed by atoms with E-state index in [1.54, 1.807) is 0 Å². The zero-order valence-corrected chi connectivity index (χ0v) is 14.6. The maximum absolute atomic E-state index is 5.99. The molecule has 0 amide bonds. The highest BCUT2D eigenvalue weighted by molar-refractivity contribution is 9.10. The Hall–Kier alpha value is -1.42. The van der Waals surface area contributed by atoms with Gasteiger partial charge in [-0.2, -0.15) is 0 Å². The van der Waals surface area contributed by atoms with Crippen molar-refractivity contribution < 1.29 is 0 Å². The van der Waals surface area contributed by atoms with Crippen LogP contribution in [0.4, 0.5) is 5.82 Å². The first-order valence-electron chi connectivity index (χ1n) is 7.30. The molecule has 2 rings (SSSR count). The molecule has 4 heteroatoms. The molecule has 0 unspecified atom stereocenters. The molecule has 0 atom stereocenters. The molecule has 0 radical (unpaired) electrons. The van der Waals surface area contributed by atoms with Crippen molar-refractivity contribution >= 4 is 21.7 Å². The summed E-state index contributed by atoms with van der Waals surface area (Å²) in [5.74, 6) is 2.14. The van der Waals surface area contributed by atoms with Crippen molar-refractivity contribution in [3.05, 3.63) is 40.0 Å². The van der Waals surface area contributed by atoms with E-state index in [0.29, 0.717) is 23.5 Å². The van der Waals surface area contributed by atoms with E-state index in [1.165, 1.54) is 5.56 Å². The number of hydrogen-bond donors (Lipinski definition) is 1. The van der Waals surface area contributed by atoms with Crippen LogP contribution in [0.1, 0.15) is 44.9 Å². The molecule has 0 bridgehead atoms. The van der Waals surface area contributed by atoms with Crippen LogP contribution in [-0.2, 0) is 6.42 Å². The van der Waals surface area contributed by atoms with Crippen LogP contribution in [0.3, 0.4) is 0 Å². The van der Waals surface area contributed by atoms with Crippen LogP contribution in [0.5, 0.6) is 0 Å². The summed E-state index contributed by atoms with van der Waals surface area (Å²) in [5.41, 5.74) is 9.28. The third-order valence-corrected chi connectivity index (χ3v) is 4.12. The number of nitrogen functional groups attached to an aromatic ring is 1. The molecule has 2 aromatic rings. The molecule has 0 spiro atoms. The Morgan fingerprint density at radius 3 is 2.19 bits per heavy atom. The number of benzene rings is 1. The standard InChI is InChI=1S/C17H22BrN3/c1-10(2)9-12-5-7-13(8-6-12)17-20-15(11(3)4)14(18)16(19)21-17/h5-8,10-11H,9H2,1-4H3,(H2,19,20,21). The van der Waals surface area contributed by atoms with Crippen molar-refractivity contribution in [3.63, 3.8) is 0 Å². The molecular formula is C17H22BrN3. The Morgan fingerprint density at radius 2 is 1.67 bits per heavy atom. The zero-order chi connectivity index (χ0) is 15.6. The van der Waals surface area contributed by atoms with E-state index in [-0.39, 0.29) is 0 Å². The quantitative estimate of drug-likeness (QED) is 0.863. The maximum Gasteiger partial charge on any atom is 0.161 e. The minimum absolute atomic E-state index is 0.295. The Morgan fingerprint density at radius 1 is 1.05 bits per heavy atom. The molecule has 3 nitrogen and oxygen atoms in total. The Balaban J connectivity index is 2.38. The third kappa shape index (κ3) is 3.82. The minimum Gasteiger partial charge on any atom is -0.383 e. The minimum atomic E-state index is 0.295. The van der Waals surface area contributed by atoms with Gasteiger partial charge >= 0.3 is 0 Å². The molecule has 2 N–H and O–H groups in total. The highest BCUT2D eigenvalue weighted by Crippen LogP contribution is 2.29. The van der Waals surface area contributed by atoms with Gasteiger partial charge in [0.1, 0.15) is 5.82 Å². The lowest BCUT2D eigenvalue weighted by Gasteiger charge is -2.12. The summed E-state index contributed by atoms with van der Waals surface area (Å²) in [5, 5.41) is 0. The molecule has 1 aromatic carbocycles. The fourth-order valence-corrected chi connectivity index (χ4v) is 2.89. The number of rotatable bonds is 4. The van der Waals surface area contributed by atoms with Crippen molar-refractivity contribution in [2.75, 3.05) is 5.73 Å². The second-order valence-corrected chi connectivity index (χ2v) is 6.87. The number of aromatic nitrogens is 2. The van der Waals surface area contributed by atoms with Gasteiger partial charge in [0, 0.05) is 5.56 Å². The van der Waals surface area contributed by atoms with Gasteiger partial charge in [-0.05, 0) is 39.8 Å². The smallest absolute Gasteiger partial charge is 0.161 e. The van der Waals surface area contributed by atoms with Gasteiger partial charge in [0.05, 0.1) is 10.2 Å². The summed E-state index contributed by atoms with van der Waals surface area (Å²) in [7, 11) is 0. The lowest BCUT2D eigenvalue weighted by atomic mass is 10.0. The van der Waals surface area contributed by atoms with Crippen molar-refractivity contribution in [1.29, 1.82) is 0 Å². The van der Waals surface area contributed by atoms with Crippen molar-refractivity contribution in [1.82, 2.24) is 9.97 Å². The van der Waals surface area contributed by atoms with Crippen molar-refractivity contribution in [2.45, 2.75) is 40.0 Å². The summed E-state index contributed by atoms with van der Waals surface area (Å²) >= 11 is 3.48. The van der Waals surface area contributed by atoms with Crippen LogP contribution in [0, 0.1) is 5.92 Å². The number of anilines is 1. The highest BCUT2D eigenvalue weighted by atomic mass is 79.9. The summed E-state index contributed by atoms with van der Waals surface area (Å²) in [6.07, 6.45) is 1.08. The first-order chi connectivity index (χ1) is 9.88. The lowest BCUT2D eigenvalue weighted by molar-refractivity contribution is 0.647. The molecule has 112 valence electrons. The van der Waals surface area contributed by atoms with Crippen LogP contribution in [-0.4, -0.2) is 9.97 Å². The van der Waals surface area contributed by atoms with Gasteiger partial charge < -0.3 is 5.73 Å². The maximum atomic E-state index is 5.99. The number of hydrogen-bond acceptors (Lipinski definition) is 3. The van der Waals surface area contributed by atoms with Gasteiger partial charge in [-0.25, -0.2) is 9.97 Å². The summed E-state index contributed by atoms with van der Waals surface area (Å²) in [6, 6.07) is 8.44. The van der Waals surface area contributed by atoms with Gasteiger partial charge in [0.25, 0.3) is 0 Å². The van der Waals surface area contributed by atoms with E-state index < -0.39 is 0 Å². The molecule has 0 saturated heterocycles. The largest absolute Gasteiger partial charge is 0.383 e. The van der Waals surface area contributed by atoms with Gasteiger partial charge in [-0.3, -0.25) is 0 Å². The molecule has 1 aromatic heterocycles. The Labute approximate surface area is 135 Å². The third-order valence-electron chi connectivity index (χ3n) is 3.31. The Kier molecular flexibility index (Phi) is 4.99. The molecule has 0 aliphatic heterocycles. The topological polar surface area (TPSA) is 51.8 Å². The summed E-state index contributed by atoms with van der Waals surface area (Å²) in [6.45, 7) is 8.65. The highest BCUT2D eigenvalue weighted by Gasteiger charge is 2.14. The van der Waals surface area contributed by atoms with Gasteiger partial charge in [0.2, 0.25) is 0 Å². The van der Waals surface area contributed by atoms with Crippen molar-refractivity contribution in [2.24, 2.45) is 5.92 Å². The van der Waals surface area contributed by atoms with Crippen LogP contribution < -0.4 is 5.73 Å². The predicted molar refractivity (Wildman–Crippen MR) is 92.2 cm³/mol. The van der Waals surface area contributed by atoms with E-state index in [0.717, 1.165) is 22.2 Å². The van der Waals surface area contributed by atoms with Crippen LogP contribution in [0.15, 0.2) is 28.7 Å². The second-order valence-electron chi connectivity index (χ2n) is 6.08. The zero-order valence-electron chi connectivity index (χ0n) is 13.0. The fourth-order valence-electron chi connectivity index (χ4n) is 2.26. The van der Waals surface area contributed by atoms with E-state index in [1.807, 2.05) is 0 Å². The average molecular weight is 348 g/mol. The van der Waals surface area contributed by atoms with Gasteiger partial charge in [-0.15, -0.1) is 0 Å². The SMILES string of the molecule is CC(C)Cc1ccc(-c2nc(N)c(Br)c(C(C)C)n2)cc1. The van der Waals surface area contributed by atoms with Gasteiger partial charge in [-0.1, -0.05) is 52.0 Å². The average Bonchev–Trinajstić information content (AvgIpc) is 2.41. The first kappa shape index (κ1) is 16.0. The van der Waals surface area contributed by atoms with Crippen LogP contribution in [0.25, 0.3) is 11.4 Å². The fraction of sp³-hybridized carbons (Fsp3) is 0.412. The van der Waals surface area contributed by atoms with E-state index in [2.05, 4.69) is 77.9 Å². The molecule has 1 heterocycles. The second kappa shape index (κ2) is 6.56. The number of halogens is 1. The van der Waals surface area contributed by atoms with E-state index in [4.69, 9.17) is 5.73 Å². The number of nitrogens with zero attached hydrogens (tertiary/aromatic N) is 2. The number of nitrogens with two attached hydrogens (primary N) is 1. The Bertz CT molecular complexity index is 619. The van der Waals surface area contributed by atoms with Crippen LogP contribution in [0.2, 0.25) is 0 Å². The van der Waals surface area contributed by atoms with Crippen molar-refractivity contribution in [3.8, 4) is 11.4 Å². The molecule has 0 aliphatic carbocycles. The predicted octanol–water partition coefficient (Wildman–Crippen LogP) is 4.81. The monoisotopic (exact) mass is 347 g/mol. The normalized spacial score (nSPS) is 11.4. The molecule has 0 fully saturated rings. The molecule has 21 heavy (non-hydrogen) atoms. The molecule has 0 aliphatic rings. The lowest BCUT2D eigenvalue weighted by Crippen LogP contribution is -2.04. The first-order valence-corrected chi connectivity index (χ1v) is 8.10. The van der Waals surface area contributed by atoms with Gasteiger partial charge in [0.15, 0.2) is 5.82 Å². The van der Waals surface area contributed by atoms with E-state index in [9.17, 15) is 0 Å². The summed E-state index contributed by atoms with van der Waals surface area (Å²) in [4.78, 5) is 9.05. The summed E-state index contributed by atoms with van der Waals surface area (Å²) < 4.78 is 0.803. The molecular weight excluding hydrogens is 326 g/mol. The molecule has 0 saturated carbocycles. The van der Waals surface area contributed by atoms with E-state index >= 15 is 0 Å². The van der Waals surface area contributed by atoms with Crippen LogP contribution >= 0.6 is 15.9 Å².